The maximum Gasteiger partial charge on any atom is 0.417 e. The SMILES string of the molecule is CC(C)(C)CC(=O)[C@@H](CCCc1ccncc1)C(=O)N1C(=O)OC[C@]1(C)c1ccccc1. The van der Waals surface area contributed by atoms with Gasteiger partial charge in [-0.25, -0.2) is 9.69 Å². The number of aromatic nitrogens is 1. The summed E-state index contributed by atoms with van der Waals surface area (Å²) in [5.74, 6) is -1.49. The number of cyclic esters (lactones) is 1. The molecule has 1 fully saturated rings. The fourth-order valence-corrected chi connectivity index (χ4v) is 4.16. The third kappa shape index (κ3) is 5.42. The lowest BCUT2D eigenvalue weighted by Crippen LogP contribution is -2.50. The van der Waals surface area contributed by atoms with Crippen LogP contribution in [-0.4, -0.2) is 34.3 Å². The molecule has 1 aromatic carbocycles. The summed E-state index contributed by atoms with van der Waals surface area (Å²) in [4.78, 5) is 44.8. The van der Waals surface area contributed by atoms with E-state index < -0.39 is 23.5 Å². The first-order valence-electron chi connectivity index (χ1n) is 11.1. The average Bonchev–Trinajstić information content (AvgIpc) is 3.06. The van der Waals surface area contributed by atoms with E-state index in [0.717, 1.165) is 17.5 Å². The minimum Gasteiger partial charge on any atom is -0.446 e. The Hall–Kier alpha value is -3.02. The number of carbonyl (C=O) groups excluding carboxylic acids is 3. The third-order valence-corrected chi connectivity index (χ3v) is 5.87. The van der Waals surface area contributed by atoms with Crippen LogP contribution in [0, 0.1) is 11.3 Å². The first kappa shape index (κ1) is 23.6. The van der Waals surface area contributed by atoms with E-state index in [1.165, 1.54) is 4.90 Å². The molecule has 1 saturated heterocycles. The summed E-state index contributed by atoms with van der Waals surface area (Å²) in [6.45, 7) is 7.80. The lowest BCUT2D eigenvalue weighted by atomic mass is 9.82. The molecule has 3 rings (SSSR count). The highest BCUT2D eigenvalue weighted by molar-refractivity contribution is 6.07. The van der Waals surface area contributed by atoms with Gasteiger partial charge in [-0.15, -0.1) is 0 Å². The molecule has 0 unspecified atom stereocenters. The monoisotopic (exact) mass is 436 g/mol. The average molecular weight is 437 g/mol. The van der Waals surface area contributed by atoms with Gasteiger partial charge in [-0.3, -0.25) is 14.6 Å². The molecule has 2 amide bonds. The Kier molecular flexibility index (Phi) is 7.12. The van der Waals surface area contributed by atoms with Gasteiger partial charge in [0.05, 0.1) is 5.92 Å². The number of pyridine rings is 1. The van der Waals surface area contributed by atoms with Crippen LogP contribution in [0.3, 0.4) is 0 Å². The number of Topliss-reactive ketones (excluding diaryl/α,β-unsaturated/α-hetero) is 1. The van der Waals surface area contributed by atoms with Crippen LogP contribution in [-0.2, 0) is 26.3 Å². The number of hydrogen-bond acceptors (Lipinski definition) is 5. The standard InChI is InChI=1S/C26H32N2O4/c1-25(2,3)17-22(29)21(12-8-9-19-13-15-27-16-14-19)23(30)28-24(31)32-18-26(28,4)20-10-6-5-7-11-20/h5-7,10-11,13-16,21H,8-9,12,17-18H2,1-4H3/t21-,26-/m1/s1. The van der Waals surface area contributed by atoms with Crippen LogP contribution in [0.25, 0.3) is 0 Å². The number of hydrogen-bond donors (Lipinski definition) is 0. The van der Waals surface area contributed by atoms with Crippen molar-refractivity contribution in [3.8, 4) is 0 Å². The van der Waals surface area contributed by atoms with E-state index in [-0.39, 0.29) is 24.2 Å². The van der Waals surface area contributed by atoms with Crippen molar-refractivity contribution in [2.75, 3.05) is 6.61 Å². The summed E-state index contributed by atoms with van der Waals surface area (Å²) < 4.78 is 5.31. The molecule has 0 radical (unpaired) electrons. The minimum atomic E-state index is -0.944. The number of ether oxygens (including phenoxy) is 1. The highest BCUT2D eigenvalue weighted by Crippen LogP contribution is 2.37. The Balaban J connectivity index is 1.85. The molecule has 0 spiro atoms. The highest BCUT2D eigenvalue weighted by atomic mass is 16.6. The van der Waals surface area contributed by atoms with Gasteiger partial charge in [0, 0.05) is 18.8 Å². The van der Waals surface area contributed by atoms with E-state index in [9.17, 15) is 14.4 Å². The first-order valence-corrected chi connectivity index (χ1v) is 11.1. The second kappa shape index (κ2) is 9.63. The molecule has 32 heavy (non-hydrogen) atoms. The molecule has 1 aliphatic heterocycles. The zero-order valence-corrected chi connectivity index (χ0v) is 19.3. The normalized spacial score (nSPS) is 19.5. The molecule has 2 aromatic rings. The summed E-state index contributed by atoms with van der Waals surface area (Å²) in [5, 5.41) is 0. The van der Waals surface area contributed by atoms with Crippen LogP contribution in [0.2, 0.25) is 0 Å². The van der Waals surface area contributed by atoms with Gasteiger partial charge in [0.2, 0.25) is 5.91 Å². The van der Waals surface area contributed by atoms with Crippen molar-refractivity contribution >= 4 is 17.8 Å². The maximum atomic E-state index is 13.7. The summed E-state index contributed by atoms with van der Waals surface area (Å²) in [5.41, 5.74) is 0.706. The number of aryl methyl sites for hydroxylation is 1. The van der Waals surface area contributed by atoms with Gasteiger partial charge in [0.25, 0.3) is 0 Å². The number of benzene rings is 1. The quantitative estimate of drug-likeness (QED) is 0.549. The molecule has 1 aromatic heterocycles. The number of ketones is 1. The summed E-state index contributed by atoms with van der Waals surface area (Å²) >= 11 is 0. The van der Waals surface area contributed by atoms with Crippen LogP contribution in [0.4, 0.5) is 4.79 Å². The number of carbonyl (C=O) groups is 3. The number of amides is 2. The van der Waals surface area contributed by atoms with Crippen molar-refractivity contribution in [2.24, 2.45) is 11.3 Å². The van der Waals surface area contributed by atoms with E-state index in [4.69, 9.17) is 4.74 Å². The molecule has 2 heterocycles. The van der Waals surface area contributed by atoms with Gasteiger partial charge in [-0.05, 0) is 54.9 Å². The van der Waals surface area contributed by atoms with Gasteiger partial charge in [0.15, 0.2) is 0 Å². The second-order valence-electron chi connectivity index (χ2n) is 9.87. The molecule has 2 atom stereocenters. The summed E-state index contributed by atoms with van der Waals surface area (Å²) in [6, 6.07) is 13.2. The van der Waals surface area contributed by atoms with Gasteiger partial charge in [0.1, 0.15) is 17.9 Å². The molecule has 1 aliphatic rings. The van der Waals surface area contributed by atoms with E-state index in [1.807, 2.05) is 70.2 Å². The van der Waals surface area contributed by atoms with Crippen molar-refractivity contribution in [1.29, 1.82) is 0 Å². The zero-order chi connectivity index (χ0) is 23.4. The van der Waals surface area contributed by atoms with E-state index >= 15 is 0 Å². The summed E-state index contributed by atoms with van der Waals surface area (Å²) in [7, 11) is 0. The van der Waals surface area contributed by atoms with Crippen molar-refractivity contribution in [3.63, 3.8) is 0 Å². The molecule has 0 N–H and O–H groups in total. The summed E-state index contributed by atoms with van der Waals surface area (Å²) in [6.07, 6.45) is 4.80. The first-order chi connectivity index (χ1) is 15.1. The Labute approximate surface area is 190 Å². The fraction of sp³-hybridized carbons (Fsp3) is 0.462. The number of rotatable bonds is 8. The van der Waals surface area contributed by atoms with Crippen LogP contribution in [0.15, 0.2) is 54.9 Å². The lowest BCUT2D eigenvalue weighted by molar-refractivity contribution is -0.142. The van der Waals surface area contributed by atoms with E-state index in [1.54, 1.807) is 12.4 Å². The van der Waals surface area contributed by atoms with Crippen molar-refractivity contribution in [2.45, 2.75) is 58.9 Å². The van der Waals surface area contributed by atoms with Gasteiger partial charge >= 0.3 is 6.09 Å². The van der Waals surface area contributed by atoms with E-state index in [2.05, 4.69) is 4.98 Å². The Morgan fingerprint density at radius 3 is 2.41 bits per heavy atom. The molecular weight excluding hydrogens is 404 g/mol. The molecule has 170 valence electrons. The van der Waals surface area contributed by atoms with Crippen molar-refractivity contribution in [1.82, 2.24) is 9.88 Å². The van der Waals surface area contributed by atoms with Crippen LogP contribution >= 0.6 is 0 Å². The van der Waals surface area contributed by atoms with Gasteiger partial charge in [-0.2, -0.15) is 0 Å². The predicted molar refractivity (Wildman–Crippen MR) is 122 cm³/mol. The zero-order valence-electron chi connectivity index (χ0n) is 19.3. The maximum absolute atomic E-state index is 13.7. The smallest absolute Gasteiger partial charge is 0.417 e. The number of imide groups is 1. The van der Waals surface area contributed by atoms with E-state index in [0.29, 0.717) is 12.8 Å². The van der Waals surface area contributed by atoms with Crippen molar-refractivity contribution in [3.05, 3.63) is 66.0 Å². The molecule has 0 bridgehead atoms. The predicted octanol–water partition coefficient (Wildman–Crippen LogP) is 4.92. The Bertz CT molecular complexity index is 953. The largest absolute Gasteiger partial charge is 0.446 e. The topological polar surface area (TPSA) is 76.6 Å². The molecule has 0 saturated carbocycles. The van der Waals surface area contributed by atoms with Crippen LogP contribution in [0.5, 0.6) is 0 Å². The minimum absolute atomic E-state index is 0.0682. The highest BCUT2D eigenvalue weighted by Gasteiger charge is 2.51. The van der Waals surface area contributed by atoms with Crippen LogP contribution in [0.1, 0.15) is 58.1 Å². The second-order valence-corrected chi connectivity index (χ2v) is 9.87. The lowest BCUT2D eigenvalue weighted by Gasteiger charge is -2.33. The number of nitrogens with zero attached hydrogens (tertiary/aromatic N) is 2. The molecule has 0 aliphatic carbocycles. The molecular formula is C26H32N2O4. The molecule has 6 heteroatoms. The molecule has 6 nitrogen and oxygen atoms in total. The van der Waals surface area contributed by atoms with Gasteiger partial charge < -0.3 is 4.74 Å². The fourth-order valence-electron chi connectivity index (χ4n) is 4.16. The van der Waals surface area contributed by atoms with Crippen LogP contribution < -0.4 is 0 Å². The van der Waals surface area contributed by atoms with Gasteiger partial charge in [-0.1, -0.05) is 51.1 Å². The Morgan fingerprint density at radius 1 is 1.12 bits per heavy atom. The third-order valence-electron chi connectivity index (χ3n) is 5.87. The Morgan fingerprint density at radius 2 is 1.78 bits per heavy atom. The van der Waals surface area contributed by atoms with Crippen molar-refractivity contribution < 1.29 is 19.1 Å².